The van der Waals surface area contributed by atoms with E-state index in [9.17, 15) is 19.2 Å². The topological polar surface area (TPSA) is 105 Å². The van der Waals surface area contributed by atoms with E-state index >= 15 is 0 Å². The predicted molar refractivity (Wildman–Crippen MR) is 144 cm³/mol. The van der Waals surface area contributed by atoms with Crippen molar-refractivity contribution in [3.63, 3.8) is 0 Å². The Hall–Kier alpha value is -2.58. The van der Waals surface area contributed by atoms with E-state index in [2.05, 4.69) is 5.32 Å². The Morgan fingerprint density at radius 3 is 2.03 bits per heavy atom. The molecule has 1 fully saturated rings. The molecule has 1 heterocycles. The van der Waals surface area contributed by atoms with Gasteiger partial charge in [-0.1, -0.05) is 40.7 Å². The summed E-state index contributed by atoms with van der Waals surface area (Å²) in [6.07, 6.45) is 2.39. The smallest absolute Gasteiger partial charge is 0.410 e. The molecule has 1 N–H and O–H groups in total. The van der Waals surface area contributed by atoms with Crippen molar-refractivity contribution in [1.82, 2.24) is 15.1 Å². The van der Waals surface area contributed by atoms with Crippen LogP contribution >= 0.6 is 0 Å². The number of amides is 3. The number of hydrogen-bond acceptors (Lipinski definition) is 6. The third-order valence-electron chi connectivity index (χ3n) is 6.41. The summed E-state index contributed by atoms with van der Waals surface area (Å²) >= 11 is 0. The molecule has 0 aliphatic carbocycles. The Balaban J connectivity index is 2.97. The number of esters is 1. The zero-order chi connectivity index (χ0) is 28.7. The quantitative estimate of drug-likeness (QED) is 0.378. The van der Waals surface area contributed by atoms with Crippen molar-refractivity contribution in [3.8, 4) is 0 Å². The van der Waals surface area contributed by atoms with Gasteiger partial charge in [-0.3, -0.25) is 9.59 Å². The van der Waals surface area contributed by atoms with Gasteiger partial charge in [0.05, 0.1) is 12.6 Å². The highest BCUT2D eigenvalue weighted by Gasteiger charge is 2.39. The normalized spacial score (nSPS) is 17.2. The zero-order valence-corrected chi connectivity index (χ0v) is 24.8. The van der Waals surface area contributed by atoms with Gasteiger partial charge in [-0.15, -0.1) is 0 Å². The number of hydrogen-bond donors (Lipinski definition) is 1. The molecule has 37 heavy (non-hydrogen) atoms. The van der Waals surface area contributed by atoms with Crippen LogP contribution in [0.25, 0.3) is 0 Å². The van der Waals surface area contributed by atoms with E-state index < -0.39 is 23.0 Å². The van der Waals surface area contributed by atoms with Crippen molar-refractivity contribution in [3.05, 3.63) is 11.6 Å². The molecule has 0 saturated carbocycles. The highest BCUT2D eigenvalue weighted by molar-refractivity contribution is 5.90. The van der Waals surface area contributed by atoms with E-state index in [0.717, 1.165) is 0 Å². The van der Waals surface area contributed by atoms with Gasteiger partial charge >= 0.3 is 12.1 Å². The minimum absolute atomic E-state index is 0.0341. The average Bonchev–Trinajstić information content (AvgIpc) is 2.77. The summed E-state index contributed by atoms with van der Waals surface area (Å²) in [7, 11) is 1.70. The third-order valence-corrected chi connectivity index (χ3v) is 6.41. The van der Waals surface area contributed by atoms with E-state index in [-0.39, 0.29) is 42.4 Å². The number of piperidine rings is 1. The lowest BCUT2D eigenvalue weighted by atomic mass is 9.84. The lowest BCUT2D eigenvalue weighted by Gasteiger charge is -2.38. The number of ether oxygens (including phenoxy) is 2. The van der Waals surface area contributed by atoms with Crippen LogP contribution in [-0.4, -0.2) is 78.1 Å². The van der Waals surface area contributed by atoms with Crippen molar-refractivity contribution in [2.24, 2.45) is 17.3 Å². The Bertz CT molecular complexity index is 845. The monoisotopic (exact) mass is 523 g/mol. The lowest BCUT2D eigenvalue weighted by Crippen LogP contribution is -2.57. The molecule has 0 spiro atoms. The molecule has 3 amide bonds. The van der Waals surface area contributed by atoms with Crippen molar-refractivity contribution in [1.29, 1.82) is 0 Å². The maximum absolute atomic E-state index is 13.7. The molecule has 2 atom stereocenters. The molecule has 0 aromatic heterocycles. The number of nitrogens with one attached hydrogen (secondary N) is 1. The van der Waals surface area contributed by atoms with Gasteiger partial charge < -0.3 is 24.6 Å². The van der Waals surface area contributed by atoms with Gasteiger partial charge in [0.2, 0.25) is 11.8 Å². The number of likely N-dealkylation sites (N-methyl/N-ethyl adjacent to an activating group) is 1. The molecule has 9 heteroatoms. The minimum atomic E-state index is -0.758. The summed E-state index contributed by atoms with van der Waals surface area (Å²) in [5.41, 5.74) is -0.678. The second-order valence-electron chi connectivity index (χ2n) is 12.3. The standard InChI is InChI=1S/C28H49N3O6/c1-12-36-25(34)19(4)17-21(18(2)3)30(11)24(33)22(27(5,6)7)29-23(32)20-13-15-31(16-14-20)26(35)37-28(8,9)10/h17-18,20-22H,12-16H2,1-11H3,(H,29,32)/b19-17+. The van der Waals surface area contributed by atoms with Crippen LogP contribution in [0.1, 0.15) is 82.1 Å². The van der Waals surface area contributed by atoms with Gasteiger partial charge in [0.25, 0.3) is 0 Å². The third kappa shape index (κ3) is 10.0. The number of rotatable bonds is 8. The van der Waals surface area contributed by atoms with E-state index in [0.29, 0.717) is 31.5 Å². The molecule has 1 aliphatic rings. The van der Waals surface area contributed by atoms with Gasteiger partial charge in [0.1, 0.15) is 11.6 Å². The van der Waals surface area contributed by atoms with Crippen LogP contribution in [0, 0.1) is 17.3 Å². The van der Waals surface area contributed by atoms with Crippen LogP contribution in [0.2, 0.25) is 0 Å². The highest BCUT2D eigenvalue weighted by atomic mass is 16.6. The SMILES string of the molecule is CCOC(=O)/C(C)=C/C(C(C)C)N(C)C(=O)C(NC(=O)C1CCN(C(=O)OC(C)(C)C)CC1)C(C)(C)C. The predicted octanol–water partition coefficient (Wildman–Crippen LogP) is 4.16. The van der Waals surface area contributed by atoms with Crippen molar-refractivity contribution < 1.29 is 28.7 Å². The molecule has 0 bridgehead atoms. The van der Waals surface area contributed by atoms with E-state index in [1.165, 1.54) is 0 Å². The largest absolute Gasteiger partial charge is 0.463 e. The second kappa shape index (κ2) is 13.3. The summed E-state index contributed by atoms with van der Waals surface area (Å²) in [4.78, 5) is 54.7. The number of nitrogens with zero attached hydrogens (tertiary/aromatic N) is 2. The first-order valence-electron chi connectivity index (χ1n) is 13.3. The molecule has 0 aromatic carbocycles. The molecule has 1 saturated heterocycles. The van der Waals surface area contributed by atoms with Crippen molar-refractivity contribution >= 4 is 23.9 Å². The first kappa shape index (κ1) is 32.4. The summed E-state index contributed by atoms with van der Waals surface area (Å²) in [5, 5.41) is 3.00. The molecule has 0 radical (unpaired) electrons. The van der Waals surface area contributed by atoms with Crippen LogP contribution in [-0.2, 0) is 23.9 Å². The summed E-state index contributed by atoms with van der Waals surface area (Å²) < 4.78 is 10.5. The van der Waals surface area contributed by atoms with Crippen LogP contribution in [0.3, 0.4) is 0 Å². The van der Waals surface area contributed by atoms with Gasteiger partial charge in [-0.2, -0.15) is 0 Å². The van der Waals surface area contributed by atoms with Crippen LogP contribution in [0.4, 0.5) is 4.79 Å². The van der Waals surface area contributed by atoms with Gasteiger partial charge in [0, 0.05) is 31.6 Å². The van der Waals surface area contributed by atoms with E-state index in [1.807, 2.05) is 55.4 Å². The van der Waals surface area contributed by atoms with Crippen LogP contribution in [0.5, 0.6) is 0 Å². The number of carbonyl (C=O) groups is 4. The fourth-order valence-electron chi connectivity index (χ4n) is 4.23. The van der Waals surface area contributed by atoms with Gasteiger partial charge in [0.15, 0.2) is 0 Å². The first-order chi connectivity index (χ1) is 16.9. The zero-order valence-electron chi connectivity index (χ0n) is 24.8. The van der Waals surface area contributed by atoms with Gasteiger partial charge in [-0.05, 0) is 58.8 Å². The molecular formula is C28H49N3O6. The number of carbonyl (C=O) groups excluding carboxylic acids is 4. The number of likely N-dealkylation sites (tertiary alicyclic amines) is 1. The summed E-state index contributed by atoms with van der Waals surface area (Å²) in [5.74, 6) is -1.09. The van der Waals surface area contributed by atoms with Crippen molar-refractivity contribution in [2.75, 3.05) is 26.7 Å². The molecule has 1 aliphatic heterocycles. The molecule has 1 rings (SSSR count). The maximum atomic E-state index is 13.7. The van der Waals surface area contributed by atoms with E-state index in [1.54, 1.807) is 36.8 Å². The highest BCUT2D eigenvalue weighted by Crippen LogP contribution is 2.26. The Labute approximate surface area is 223 Å². The van der Waals surface area contributed by atoms with Crippen LogP contribution in [0.15, 0.2) is 11.6 Å². The average molecular weight is 524 g/mol. The van der Waals surface area contributed by atoms with Gasteiger partial charge in [-0.25, -0.2) is 9.59 Å². The molecule has 212 valence electrons. The Kier molecular flexibility index (Phi) is 11.7. The molecule has 9 nitrogen and oxygen atoms in total. The van der Waals surface area contributed by atoms with E-state index in [4.69, 9.17) is 9.47 Å². The lowest BCUT2D eigenvalue weighted by molar-refractivity contribution is -0.141. The Morgan fingerprint density at radius 1 is 1.05 bits per heavy atom. The summed E-state index contributed by atoms with van der Waals surface area (Å²) in [6, 6.07) is -1.11. The minimum Gasteiger partial charge on any atom is -0.463 e. The molecular weight excluding hydrogens is 474 g/mol. The second-order valence-corrected chi connectivity index (χ2v) is 12.3. The molecule has 0 aromatic rings. The fourth-order valence-corrected chi connectivity index (χ4v) is 4.23. The summed E-state index contributed by atoms with van der Waals surface area (Å²) in [6.45, 7) is 19.7. The Morgan fingerprint density at radius 2 is 1.59 bits per heavy atom. The van der Waals surface area contributed by atoms with Crippen molar-refractivity contribution in [2.45, 2.75) is 99.8 Å². The molecule has 2 unspecified atom stereocenters. The van der Waals surface area contributed by atoms with Crippen LogP contribution < -0.4 is 5.32 Å². The first-order valence-corrected chi connectivity index (χ1v) is 13.3. The fraction of sp³-hybridized carbons (Fsp3) is 0.786. The maximum Gasteiger partial charge on any atom is 0.410 e.